The van der Waals surface area contributed by atoms with Crippen LogP contribution in [-0.2, 0) is 0 Å². The van der Waals surface area contributed by atoms with E-state index in [4.69, 9.17) is 5.11 Å². The van der Waals surface area contributed by atoms with Crippen molar-refractivity contribution in [3.63, 3.8) is 0 Å². The minimum Gasteiger partial charge on any atom is -0.396 e. The van der Waals surface area contributed by atoms with Gasteiger partial charge in [0.15, 0.2) is 0 Å². The Labute approximate surface area is 108 Å². The summed E-state index contributed by atoms with van der Waals surface area (Å²) in [5.74, 6) is 0.708. The van der Waals surface area contributed by atoms with Gasteiger partial charge in [-0.2, -0.15) is 0 Å². The Hall–Kier alpha value is -0.0800. The molecule has 0 unspecified atom stereocenters. The third-order valence-corrected chi connectivity index (χ3v) is 3.16. The van der Waals surface area contributed by atoms with Crippen molar-refractivity contribution >= 4 is 0 Å². The van der Waals surface area contributed by atoms with E-state index in [0.717, 1.165) is 6.42 Å². The summed E-state index contributed by atoms with van der Waals surface area (Å²) < 4.78 is 0. The molecule has 1 N–H and O–H groups in total. The molecular weight excluding hydrogens is 210 g/mol. The van der Waals surface area contributed by atoms with Crippen molar-refractivity contribution in [2.75, 3.05) is 27.2 Å². The van der Waals surface area contributed by atoms with Gasteiger partial charge in [-0.1, -0.05) is 40.0 Å². The highest BCUT2D eigenvalue weighted by Gasteiger charge is 2.17. The van der Waals surface area contributed by atoms with Gasteiger partial charge in [0.2, 0.25) is 0 Å². The zero-order valence-corrected chi connectivity index (χ0v) is 12.6. The van der Waals surface area contributed by atoms with Gasteiger partial charge in [0.1, 0.15) is 0 Å². The molecular formula is C15H33NO. The van der Waals surface area contributed by atoms with Crippen LogP contribution in [0.25, 0.3) is 0 Å². The van der Waals surface area contributed by atoms with Crippen LogP contribution < -0.4 is 0 Å². The first-order chi connectivity index (χ1) is 7.85. The van der Waals surface area contributed by atoms with Crippen molar-refractivity contribution < 1.29 is 5.11 Å². The second-order valence-corrected chi connectivity index (χ2v) is 6.80. The molecule has 0 aliphatic heterocycles. The summed E-state index contributed by atoms with van der Waals surface area (Å²) in [7, 11) is 4.27. The molecule has 0 fully saturated rings. The monoisotopic (exact) mass is 243 g/mol. The molecule has 0 heterocycles. The van der Waals surface area contributed by atoms with Crippen molar-refractivity contribution in [3.05, 3.63) is 0 Å². The maximum absolute atomic E-state index is 9.10. The van der Waals surface area contributed by atoms with Gasteiger partial charge in [-0.05, 0) is 51.2 Å². The van der Waals surface area contributed by atoms with E-state index in [9.17, 15) is 0 Å². The first-order valence-corrected chi connectivity index (χ1v) is 7.11. The van der Waals surface area contributed by atoms with Crippen molar-refractivity contribution in [3.8, 4) is 0 Å². The van der Waals surface area contributed by atoms with E-state index in [1.54, 1.807) is 0 Å². The van der Waals surface area contributed by atoms with Crippen LogP contribution in [0.5, 0.6) is 0 Å². The van der Waals surface area contributed by atoms with Crippen molar-refractivity contribution in [2.45, 2.75) is 59.3 Å². The number of hydrogen-bond donors (Lipinski definition) is 1. The lowest BCUT2D eigenvalue weighted by molar-refractivity contribution is 0.207. The van der Waals surface area contributed by atoms with Crippen LogP contribution in [0.3, 0.4) is 0 Å². The van der Waals surface area contributed by atoms with Gasteiger partial charge in [0.05, 0.1) is 0 Å². The lowest BCUT2D eigenvalue weighted by Gasteiger charge is -2.25. The summed E-state index contributed by atoms with van der Waals surface area (Å²) in [6, 6.07) is 0. The molecule has 0 aliphatic carbocycles. The van der Waals surface area contributed by atoms with Crippen molar-refractivity contribution in [1.29, 1.82) is 0 Å². The summed E-state index contributed by atoms with van der Waals surface area (Å²) in [5, 5.41) is 9.10. The van der Waals surface area contributed by atoms with E-state index in [2.05, 4.69) is 39.8 Å². The molecule has 104 valence electrons. The predicted molar refractivity (Wildman–Crippen MR) is 76.3 cm³/mol. The molecule has 0 aliphatic rings. The Balaban J connectivity index is 3.70. The number of unbranched alkanes of at least 4 members (excludes halogenated alkanes) is 2. The highest BCUT2D eigenvalue weighted by atomic mass is 16.3. The lowest BCUT2D eigenvalue weighted by atomic mass is 9.81. The number of nitrogens with zero attached hydrogens (tertiary/aromatic N) is 1. The minimum absolute atomic E-state index is 0.346. The lowest BCUT2D eigenvalue weighted by Crippen LogP contribution is -2.15. The fourth-order valence-corrected chi connectivity index (χ4v) is 2.43. The fourth-order valence-electron chi connectivity index (χ4n) is 2.43. The zero-order chi connectivity index (χ0) is 13.3. The van der Waals surface area contributed by atoms with E-state index < -0.39 is 0 Å². The average Bonchev–Trinajstić information content (AvgIpc) is 2.14. The van der Waals surface area contributed by atoms with Gasteiger partial charge < -0.3 is 10.0 Å². The topological polar surface area (TPSA) is 23.5 Å². The molecule has 0 saturated carbocycles. The van der Waals surface area contributed by atoms with Crippen LogP contribution in [-0.4, -0.2) is 37.3 Å². The Morgan fingerprint density at radius 3 is 2.12 bits per heavy atom. The highest BCUT2D eigenvalue weighted by Crippen LogP contribution is 2.29. The number of hydrogen-bond acceptors (Lipinski definition) is 2. The Bertz CT molecular complexity index is 172. The van der Waals surface area contributed by atoms with Gasteiger partial charge in [-0.3, -0.25) is 0 Å². The van der Waals surface area contributed by atoms with E-state index in [1.807, 2.05) is 0 Å². The summed E-state index contributed by atoms with van der Waals surface area (Å²) in [6.07, 6.45) is 7.44. The van der Waals surface area contributed by atoms with Crippen LogP contribution in [0, 0.1) is 11.3 Å². The van der Waals surface area contributed by atoms with Crippen LogP contribution in [0.4, 0.5) is 0 Å². The molecule has 0 rings (SSSR count). The highest BCUT2D eigenvalue weighted by molar-refractivity contribution is 4.69. The molecule has 1 atom stereocenters. The van der Waals surface area contributed by atoms with E-state index >= 15 is 0 Å². The van der Waals surface area contributed by atoms with Crippen molar-refractivity contribution in [2.24, 2.45) is 11.3 Å². The second kappa shape index (κ2) is 8.93. The summed E-state index contributed by atoms with van der Waals surface area (Å²) >= 11 is 0. The first-order valence-electron chi connectivity index (χ1n) is 7.11. The van der Waals surface area contributed by atoms with Crippen LogP contribution in [0.1, 0.15) is 59.3 Å². The zero-order valence-electron chi connectivity index (χ0n) is 12.6. The van der Waals surface area contributed by atoms with E-state index in [-0.39, 0.29) is 0 Å². The first kappa shape index (κ1) is 16.9. The van der Waals surface area contributed by atoms with Gasteiger partial charge in [-0.25, -0.2) is 0 Å². The van der Waals surface area contributed by atoms with Gasteiger partial charge in [0, 0.05) is 6.61 Å². The minimum atomic E-state index is 0.346. The largest absolute Gasteiger partial charge is 0.396 e. The predicted octanol–water partition coefficient (Wildman–Crippen LogP) is 3.54. The summed E-state index contributed by atoms with van der Waals surface area (Å²) in [6.45, 7) is 8.43. The molecule has 2 nitrogen and oxygen atoms in total. The van der Waals surface area contributed by atoms with E-state index in [1.165, 1.54) is 38.6 Å². The number of rotatable bonds is 9. The molecule has 0 radical (unpaired) electrons. The van der Waals surface area contributed by atoms with Gasteiger partial charge >= 0.3 is 0 Å². The Kier molecular flexibility index (Phi) is 8.89. The standard InChI is InChI=1S/C15H33NO/c1-15(2,3)13-14(10-12-17)9-7-6-8-11-16(4)5/h14,17H,6-13H2,1-5H3/t14-/m1/s1. The molecule has 0 amide bonds. The number of aliphatic hydroxyl groups is 1. The molecule has 2 heteroatoms. The quantitative estimate of drug-likeness (QED) is 0.626. The Morgan fingerprint density at radius 2 is 1.65 bits per heavy atom. The average molecular weight is 243 g/mol. The summed E-state index contributed by atoms with van der Waals surface area (Å²) in [5.41, 5.74) is 0.392. The maximum Gasteiger partial charge on any atom is 0.0433 e. The normalized spacial score (nSPS) is 14.3. The van der Waals surface area contributed by atoms with E-state index in [0.29, 0.717) is 17.9 Å². The number of aliphatic hydroxyl groups excluding tert-OH is 1. The molecule has 17 heavy (non-hydrogen) atoms. The molecule has 0 saturated heterocycles. The van der Waals surface area contributed by atoms with Crippen LogP contribution in [0.2, 0.25) is 0 Å². The summed E-state index contributed by atoms with van der Waals surface area (Å²) in [4.78, 5) is 2.25. The molecule has 0 bridgehead atoms. The van der Waals surface area contributed by atoms with Crippen molar-refractivity contribution in [1.82, 2.24) is 4.90 Å². The third kappa shape index (κ3) is 12.2. The smallest absolute Gasteiger partial charge is 0.0433 e. The second-order valence-electron chi connectivity index (χ2n) is 6.80. The maximum atomic E-state index is 9.10. The van der Waals surface area contributed by atoms with Gasteiger partial charge in [0.25, 0.3) is 0 Å². The van der Waals surface area contributed by atoms with Crippen LogP contribution >= 0.6 is 0 Å². The SMILES string of the molecule is CN(C)CCCCC[C@H](CCO)CC(C)(C)C. The molecule has 0 spiro atoms. The van der Waals surface area contributed by atoms with Gasteiger partial charge in [-0.15, -0.1) is 0 Å². The molecule has 0 aromatic carbocycles. The third-order valence-electron chi connectivity index (χ3n) is 3.16. The molecule has 0 aromatic rings. The molecule has 0 aromatic heterocycles. The fraction of sp³-hybridized carbons (Fsp3) is 1.00. The Morgan fingerprint density at radius 1 is 1.00 bits per heavy atom. The van der Waals surface area contributed by atoms with Crippen LogP contribution in [0.15, 0.2) is 0 Å².